The number of fused-ring (bicyclic) bond motifs is 1. The van der Waals surface area contributed by atoms with Crippen molar-refractivity contribution in [2.24, 2.45) is 5.10 Å². The van der Waals surface area contributed by atoms with Crippen LogP contribution in [0.5, 0.6) is 17.2 Å². The van der Waals surface area contributed by atoms with Crippen LogP contribution in [-0.2, 0) is 11.3 Å². The first-order chi connectivity index (χ1) is 15.6. The molecule has 0 aromatic heterocycles. The van der Waals surface area contributed by atoms with E-state index in [1.807, 2.05) is 24.3 Å². The van der Waals surface area contributed by atoms with Gasteiger partial charge in [-0.2, -0.15) is 5.10 Å². The van der Waals surface area contributed by atoms with Crippen LogP contribution in [-0.4, -0.2) is 32.0 Å². The predicted molar refractivity (Wildman–Crippen MR) is 116 cm³/mol. The van der Waals surface area contributed by atoms with Gasteiger partial charge in [0.15, 0.2) is 11.5 Å². The molecule has 3 aromatic carbocycles. The fourth-order valence-corrected chi connectivity index (χ4v) is 3.00. The van der Waals surface area contributed by atoms with Crippen LogP contribution in [0.15, 0.2) is 71.8 Å². The van der Waals surface area contributed by atoms with Crippen LogP contribution in [0.4, 0.5) is 0 Å². The molecule has 0 spiro atoms. The lowest BCUT2D eigenvalue weighted by molar-refractivity contribution is 0.0600. The third-order valence-corrected chi connectivity index (χ3v) is 4.69. The second-order valence-corrected chi connectivity index (χ2v) is 6.78. The molecule has 4 rings (SSSR count). The molecule has 8 heteroatoms. The number of carbonyl (C=O) groups is 2. The average molecular weight is 432 g/mol. The van der Waals surface area contributed by atoms with Crippen LogP contribution in [0.1, 0.15) is 31.8 Å². The van der Waals surface area contributed by atoms with E-state index in [-0.39, 0.29) is 18.7 Å². The SMILES string of the molecule is COC(=O)c1ccc(COc2ccccc2/C=N/NC(=O)c2ccc3c(c2)OCO3)cc1. The number of esters is 1. The molecule has 0 unspecified atom stereocenters. The van der Waals surface area contributed by atoms with E-state index in [2.05, 4.69) is 10.5 Å². The van der Waals surface area contributed by atoms with Gasteiger partial charge in [-0.1, -0.05) is 24.3 Å². The molecule has 0 atom stereocenters. The van der Waals surface area contributed by atoms with Crippen molar-refractivity contribution in [3.8, 4) is 17.2 Å². The largest absolute Gasteiger partial charge is 0.488 e. The van der Waals surface area contributed by atoms with Crippen molar-refractivity contribution in [3.05, 3.63) is 89.0 Å². The molecular formula is C24H20N2O6. The van der Waals surface area contributed by atoms with Crippen molar-refractivity contribution < 1.29 is 28.5 Å². The zero-order chi connectivity index (χ0) is 22.3. The number of rotatable bonds is 7. The highest BCUT2D eigenvalue weighted by Crippen LogP contribution is 2.32. The Morgan fingerprint density at radius 2 is 1.75 bits per heavy atom. The van der Waals surface area contributed by atoms with Crippen molar-refractivity contribution in [1.82, 2.24) is 5.43 Å². The number of nitrogens with zero attached hydrogens (tertiary/aromatic N) is 1. The van der Waals surface area contributed by atoms with Crippen LogP contribution < -0.4 is 19.6 Å². The molecule has 8 nitrogen and oxygen atoms in total. The normalized spacial score (nSPS) is 11.9. The van der Waals surface area contributed by atoms with Gasteiger partial charge in [0.2, 0.25) is 6.79 Å². The minimum atomic E-state index is -0.387. The molecule has 32 heavy (non-hydrogen) atoms. The van der Waals surface area contributed by atoms with E-state index in [1.54, 1.807) is 42.5 Å². The smallest absolute Gasteiger partial charge is 0.337 e. The lowest BCUT2D eigenvalue weighted by Gasteiger charge is -2.09. The second-order valence-electron chi connectivity index (χ2n) is 6.78. The molecule has 0 saturated heterocycles. The summed E-state index contributed by atoms with van der Waals surface area (Å²) in [5.41, 5.74) is 4.97. The number of benzene rings is 3. The highest BCUT2D eigenvalue weighted by Gasteiger charge is 2.16. The summed E-state index contributed by atoms with van der Waals surface area (Å²) in [6.45, 7) is 0.445. The Labute approximate surface area is 184 Å². The number of amides is 1. The Balaban J connectivity index is 1.37. The number of hydrazone groups is 1. The molecule has 0 radical (unpaired) electrons. The van der Waals surface area contributed by atoms with Crippen LogP contribution in [0.3, 0.4) is 0 Å². The molecule has 3 aromatic rings. The van der Waals surface area contributed by atoms with Crippen LogP contribution in [0.2, 0.25) is 0 Å². The van der Waals surface area contributed by atoms with E-state index < -0.39 is 0 Å². The lowest BCUT2D eigenvalue weighted by atomic mass is 10.1. The Kier molecular flexibility index (Phi) is 6.31. The first-order valence-electron chi connectivity index (χ1n) is 9.76. The van der Waals surface area contributed by atoms with Crippen LogP contribution in [0, 0.1) is 0 Å². The van der Waals surface area contributed by atoms with Gasteiger partial charge in [-0.15, -0.1) is 0 Å². The van der Waals surface area contributed by atoms with Crippen LogP contribution in [0.25, 0.3) is 0 Å². The summed E-state index contributed by atoms with van der Waals surface area (Å²) in [6.07, 6.45) is 1.51. The maximum atomic E-state index is 12.3. The third-order valence-electron chi connectivity index (χ3n) is 4.69. The number of carbonyl (C=O) groups excluding carboxylic acids is 2. The Bertz CT molecular complexity index is 1160. The van der Waals surface area contributed by atoms with E-state index in [4.69, 9.17) is 18.9 Å². The minimum Gasteiger partial charge on any atom is -0.488 e. The second kappa shape index (κ2) is 9.65. The van der Waals surface area contributed by atoms with Gasteiger partial charge in [0, 0.05) is 11.1 Å². The number of ether oxygens (including phenoxy) is 4. The molecule has 0 fully saturated rings. The van der Waals surface area contributed by atoms with Gasteiger partial charge < -0.3 is 18.9 Å². The maximum absolute atomic E-state index is 12.3. The van der Waals surface area contributed by atoms with Gasteiger partial charge in [0.25, 0.3) is 5.91 Å². The van der Waals surface area contributed by atoms with Gasteiger partial charge in [-0.3, -0.25) is 4.79 Å². The van der Waals surface area contributed by atoms with Gasteiger partial charge in [-0.05, 0) is 48.0 Å². The van der Waals surface area contributed by atoms with Gasteiger partial charge in [0.1, 0.15) is 12.4 Å². The molecular weight excluding hydrogens is 412 g/mol. The molecule has 162 valence electrons. The Morgan fingerprint density at radius 1 is 1.00 bits per heavy atom. The van der Waals surface area contributed by atoms with E-state index in [1.165, 1.54) is 13.3 Å². The zero-order valence-electron chi connectivity index (χ0n) is 17.2. The van der Waals surface area contributed by atoms with Crippen molar-refractivity contribution in [2.45, 2.75) is 6.61 Å². The third kappa shape index (κ3) is 4.86. The van der Waals surface area contributed by atoms with Crippen molar-refractivity contribution in [1.29, 1.82) is 0 Å². The highest BCUT2D eigenvalue weighted by atomic mass is 16.7. The zero-order valence-corrected chi connectivity index (χ0v) is 17.2. The molecule has 1 amide bonds. The number of nitrogens with one attached hydrogen (secondary N) is 1. The fraction of sp³-hybridized carbons (Fsp3) is 0.125. The summed E-state index contributed by atoms with van der Waals surface area (Å²) < 4.78 is 21.1. The summed E-state index contributed by atoms with van der Waals surface area (Å²) in [7, 11) is 1.34. The van der Waals surface area contributed by atoms with Crippen molar-refractivity contribution in [2.75, 3.05) is 13.9 Å². The Morgan fingerprint density at radius 3 is 2.56 bits per heavy atom. The number of hydrogen-bond acceptors (Lipinski definition) is 7. The summed E-state index contributed by atoms with van der Waals surface area (Å²) in [5.74, 6) is 0.979. The van der Waals surface area contributed by atoms with Gasteiger partial charge in [0.05, 0.1) is 18.9 Å². The maximum Gasteiger partial charge on any atom is 0.337 e. The number of methoxy groups -OCH3 is 1. The molecule has 1 aliphatic heterocycles. The quantitative estimate of drug-likeness (QED) is 0.349. The number of para-hydroxylation sites is 1. The number of hydrogen-bond donors (Lipinski definition) is 1. The van der Waals surface area contributed by atoms with Gasteiger partial charge >= 0.3 is 5.97 Å². The molecule has 1 aliphatic rings. The summed E-state index contributed by atoms with van der Waals surface area (Å²) in [5, 5.41) is 4.04. The van der Waals surface area contributed by atoms with E-state index in [0.717, 1.165) is 5.56 Å². The first kappa shape index (κ1) is 20.9. The Hall–Kier alpha value is -4.33. The van der Waals surface area contributed by atoms with E-state index >= 15 is 0 Å². The molecule has 0 saturated carbocycles. The predicted octanol–water partition coefficient (Wildman–Crippen LogP) is 3.54. The first-order valence-corrected chi connectivity index (χ1v) is 9.76. The topological polar surface area (TPSA) is 95.5 Å². The lowest BCUT2D eigenvalue weighted by Crippen LogP contribution is -2.17. The highest BCUT2D eigenvalue weighted by molar-refractivity contribution is 5.95. The minimum absolute atomic E-state index is 0.144. The molecule has 0 bridgehead atoms. The van der Waals surface area contributed by atoms with Crippen LogP contribution >= 0.6 is 0 Å². The average Bonchev–Trinajstić information content (AvgIpc) is 3.31. The van der Waals surface area contributed by atoms with Crippen molar-refractivity contribution >= 4 is 18.1 Å². The monoisotopic (exact) mass is 432 g/mol. The van der Waals surface area contributed by atoms with Crippen molar-refractivity contribution in [3.63, 3.8) is 0 Å². The molecule has 1 N–H and O–H groups in total. The molecule has 1 heterocycles. The summed E-state index contributed by atoms with van der Waals surface area (Å²) in [4.78, 5) is 23.9. The standard InChI is InChI=1S/C24H20N2O6/c1-29-24(28)17-8-6-16(7-9-17)14-30-20-5-3-2-4-19(20)13-25-26-23(27)18-10-11-21-22(12-18)32-15-31-21/h2-13H,14-15H2,1H3,(H,26,27)/b25-13+. The molecule has 0 aliphatic carbocycles. The fourth-order valence-electron chi connectivity index (χ4n) is 3.00. The van der Waals surface area contributed by atoms with E-state index in [9.17, 15) is 9.59 Å². The summed E-state index contributed by atoms with van der Waals surface area (Å²) in [6, 6.07) is 19.2. The van der Waals surface area contributed by atoms with E-state index in [0.29, 0.717) is 40.5 Å². The van der Waals surface area contributed by atoms with Gasteiger partial charge in [-0.25, -0.2) is 10.2 Å². The summed E-state index contributed by atoms with van der Waals surface area (Å²) >= 11 is 0.